The third-order valence-electron chi connectivity index (χ3n) is 8.60. The highest BCUT2D eigenvalue weighted by atomic mass is 16.5. The minimum absolute atomic E-state index is 0.0377. The summed E-state index contributed by atoms with van der Waals surface area (Å²) in [5.41, 5.74) is 6.97. The Kier molecular flexibility index (Phi) is 6.73. The molecule has 0 unspecified atom stereocenters. The number of fused-ring (bicyclic) bond motifs is 5. The van der Waals surface area contributed by atoms with Crippen LogP contribution < -0.4 is 20.2 Å². The van der Waals surface area contributed by atoms with Gasteiger partial charge in [-0.25, -0.2) is 5.43 Å². The predicted octanol–water partition coefficient (Wildman–Crippen LogP) is 5.06. The van der Waals surface area contributed by atoms with Gasteiger partial charge in [-0.15, -0.1) is 0 Å². The number of aryl methyl sites for hydroxylation is 1. The fourth-order valence-corrected chi connectivity index (χ4v) is 6.82. The van der Waals surface area contributed by atoms with Gasteiger partial charge < -0.3 is 14.8 Å². The van der Waals surface area contributed by atoms with E-state index in [0.29, 0.717) is 35.8 Å². The van der Waals surface area contributed by atoms with Crippen LogP contribution in [0.25, 0.3) is 0 Å². The molecule has 0 bridgehead atoms. The van der Waals surface area contributed by atoms with E-state index in [4.69, 9.17) is 9.47 Å². The highest BCUT2D eigenvalue weighted by molar-refractivity contribution is 6.39. The predicted molar refractivity (Wildman–Crippen MR) is 139 cm³/mol. The van der Waals surface area contributed by atoms with Crippen molar-refractivity contribution in [3.05, 3.63) is 53.6 Å². The van der Waals surface area contributed by atoms with Crippen molar-refractivity contribution in [2.75, 3.05) is 19.0 Å². The van der Waals surface area contributed by atoms with Gasteiger partial charge in [0.15, 0.2) is 0 Å². The van der Waals surface area contributed by atoms with Crippen LogP contribution in [0.2, 0.25) is 0 Å². The molecule has 0 aliphatic heterocycles. The Hall–Kier alpha value is -3.35. The lowest BCUT2D eigenvalue weighted by atomic mass is 9.55. The normalized spacial score (nSPS) is 27.4. The zero-order valence-electron chi connectivity index (χ0n) is 21.3. The van der Waals surface area contributed by atoms with Crippen molar-refractivity contribution >= 4 is 23.2 Å². The first kappa shape index (κ1) is 24.3. The second-order valence-corrected chi connectivity index (χ2v) is 10.4. The molecule has 2 saturated carbocycles. The molecule has 190 valence electrons. The summed E-state index contributed by atoms with van der Waals surface area (Å²) in [4.78, 5) is 24.9. The number of hydrazone groups is 1. The fourth-order valence-electron chi connectivity index (χ4n) is 6.82. The Morgan fingerprint density at radius 2 is 1.81 bits per heavy atom. The molecule has 7 heteroatoms. The topological polar surface area (TPSA) is 89.0 Å². The van der Waals surface area contributed by atoms with Crippen LogP contribution in [0, 0.1) is 17.3 Å². The maximum Gasteiger partial charge on any atom is 0.329 e. The molecule has 7 nitrogen and oxygen atoms in total. The van der Waals surface area contributed by atoms with Crippen LogP contribution in [0.5, 0.6) is 11.5 Å². The number of carbonyl (C=O) groups is 2. The number of nitrogens with zero attached hydrogens (tertiary/aromatic N) is 1. The van der Waals surface area contributed by atoms with Crippen LogP contribution in [0.3, 0.4) is 0 Å². The van der Waals surface area contributed by atoms with E-state index in [1.807, 2.05) is 6.92 Å². The highest BCUT2D eigenvalue weighted by Gasteiger charge is 2.53. The summed E-state index contributed by atoms with van der Waals surface area (Å²) in [6, 6.07) is 13.5. The Bertz CT molecular complexity index is 1180. The number of rotatable bonds is 5. The SMILES string of the molecule is CCOc1ccc(NC(=O)C(=O)N/N=C2/CC[C@@H]3[C@@H]4CCc5cc(OC)ccc5[C@@H]4CC[C@]23C)cc1. The number of methoxy groups -OCH3 is 1. The fraction of sp³-hybridized carbons (Fsp3) is 0.483. The first-order valence-corrected chi connectivity index (χ1v) is 13.0. The minimum Gasteiger partial charge on any atom is -0.497 e. The number of benzene rings is 2. The summed E-state index contributed by atoms with van der Waals surface area (Å²) >= 11 is 0. The Balaban J connectivity index is 1.23. The Labute approximate surface area is 212 Å². The monoisotopic (exact) mass is 489 g/mol. The van der Waals surface area contributed by atoms with E-state index in [1.54, 1.807) is 31.4 Å². The van der Waals surface area contributed by atoms with Gasteiger partial charge in [0.25, 0.3) is 0 Å². The van der Waals surface area contributed by atoms with E-state index < -0.39 is 11.8 Å². The van der Waals surface area contributed by atoms with Gasteiger partial charge in [0.2, 0.25) is 0 Å². The number of nitrogens with one attached hydrogen (secondary N) is 2. The molecule has 2 aromatic rings. The molecule has 2 fully saturated rings. The maximum absolute atomic E-state index is 12.5. The van der Waals surface area contributed by atoms with Crippen LogP contribution in [0.1, 0.15) is 63.0 Å². The smallest absolute Gasteiger partial charge is 0.329 e. The Morgan fingerprint density at radius 1 is 1.03 bits per heavy atom. The van der Waals surface area contributed by atoms with Crippen LogP contribution in [-0.2, 0) is 16.0 Å². The third-order valence-corrected chi connectivity index (χ3v) is 8.60. The molecule has 4 atom stereocenters. The molecule has 5 rings (SSSR count). The van der Waals surface area contributed by atoms with Crippen molar-refractivity contribution < 1.29 is 19.1 Å². The minimum atomic E-state index is -0.752. The lowest BCUT2D eigenvalue weighted by Gasteiger charge is -2.49. The van der Waals surface area contributed by atoms with Crippen LogP contribution in [-0.4, -0.2) is 31.2 Å². The molecule has 2 aromatic carbocycles. The van der Waals surface area contributed by atoms with E-state index in [9.17, 15) is 9.59 Å². The van der Waals surface area contributed by atoms with Gasteiger partial charge in [0, 0.05) is 16.8 Å². The molecule has 0 radical (unpaired) electrons. The number of hydrogen-bond donors (Lipinski definition) is 2. The van der Waals surface area contributed by atoms with Crippen molar-refractivity contribution in [3.63, 3.8) is 0 Å². The summed E-state index contributed by atoms with van der Waals surface area (Å²) < 4.78 is 10.8. The molecule has 0 heterocycles. The highest BCUT2D eigenvalue weighted by Crippen LogP contribution is 2.59. The van der Waals surface area contributed by atoms with Gasteiger partial charge in [-0.2, -0.15) is 5.10 Å². The lowest BCUT2D eigenvalue weighted by Crippen LogP contribution is -2.43. The van der Waals surface area contributed by atoms with Crippen LogP contribution in [0.4, 0.5) is 5.69 Å². The summed E-state index contributed by atoms with van der Waals surface area (Å²) in [6.45, 7) is 4.78. The first-order chi connectivity index (χ1) is 17.4. The number of ether oxygens (including phenoxy) is 2. The van der Waals surface area contributed by atoms with Crippen molar-refractivity contribution in [1.82, 2.24) is 5.43 Å². The van der Waals surface area contributed by atoms with E-state index in [-0.39, 0.29) is 5.41 Å². The molecule has 0 aromatic heterocycles. The summed E-state index contributed by atoms with van der Waals surface area (Å²) in [7, 11) is 1.72. The van der Waals surface area contributed by atoms with Gasteiger partial charge in [-0.05, 0) is 111 Å². The van der Waals surface area contributed by atoms with Crippen molar-refractivity contribution in [3.8, 4) is 11.5 Å². The van der Waals surface area contributed by atoms with Gasteiger partial charge >= 0.3 is 11.8 Å². The van der Waals surface area contributed by atoms with Gasteiger partial charge in [0.1, 0.15) is 11.5 Å². The van der Waals surface area contributed by atoms with Gasteiger partial charge in [0.05, 0.1) is 13.7 Å². The Morgan fingerprint density at radius 3 is 2.56 bits per heavy atom. The van der Waals surface area contributed by atoms with Crippen molar-refractivity contribution in [2.45, 2.75) is 58.3 Å². The number of anilines is 1. The van der Waals surface area contributed by atoms with E-state index >= 15 is 0 Å². The van der Waals surface area contributed by atoms with Crippen LogP contribution >= 0.6 is 0 Å². The summed E-state index contributed by atoms with van der Waals surface area (Å²) in [5, 5.41) is 7.13. The van der Waals surface area contributed by atoms with Gasteiger partial charge in [-0.3, -0.25) is 9.59 Å². The molecule has 3 aliphatic rings. The van der Waals surface area contributed by atoms with E-state index in [0.717, 1.165) is 43.6 Å². The quantitative estimate of drug-likeness (QED) is 0.454. The molecular weight excluding hydrogens is 454 g/mol. The molecule has 2 amide bonds. The number of amides is 2. The average Bonchev–Trinajstić information content (AvgIpc) is 3.24. The molecule has 2 N–H and O–H groups in total. The number of carbonyl (C=O) groups excluding carboxylic acids is 2. The van der Waals surface area contributed by atoms with Crippen molar-refractivity contribution in [2.24, 2.45) is 22.4 Å². The zero-order valence-corrected chi connectivity index (χ0v) is 21.3. The molecule has 0 spiro atoms. The largest absolute Gasteiger partial charge is 0.497 e. The lowest BCUT2D eigenvalue weighted by molar-refractivity contribution is -0.136. The average molecular weight is 490 g/mol. The van der Waals surface area contributed by atoms with E-state index in [1.165, 1.54) is 17.5 Å². The molecule has 3 aliphatic carbocycles. The van der Waals surface area contributed by atoms with E-state index in [2.05, 4.69) is 41.0 Å². The zero-order chi connectivity index (χ0) is 25.3. The third kappa shape index (κ3) is 4.47. The summed E-state index contributed by atoms with van der Waals surface area (Å²) in [6.07, 6.45) is 6.35. The molecule has 36 heavy (non-hydrogen) atoms. The standard InChI is InChI=1S/C29H35N3O4/c1-4-36-20-8-6-19(7-9-20)30-27(33)28(34)32-31-26-14-13-25-24-11-5-18-17-21(35-3)10-12-22(18)23(24)15-16-29(25,26)2/h6-10,12,17,23-25H,4-5,11,13-16H2,1-3H3,(H,30,33)(H,32,34)/b31-26-/t23-,24+,25+,29-/m0/s1. The second-order valence-electron chi connectivity index (χ2n) is 10.4. The molecule has 0 saturated heterocycles. The summed E-state index contributed by atoms with van der Waals surface area (Å²) in [5.74, 6) is 1.91. The molecular formula is C29H35N3O4. The maximum atomic E-state index is 12.5. The number of hydrogen-bond acceptors (Lipinski definition) is 5. The first-order valence-electron chi connectivity index (χ1n) is 13.0. The second kappa shape index (κ2) is 9.96. The van der Waals surface area contributed by atoms with Crippen molar-refractivity contribution in [1.29, 1.82) is 0 Å². The van der Waals surface area contributed by atoms with Gasteiger partial charge in [-0.1, -0.05) is 13.0 Å². The van der Waals surface area contributed by atoms with Crippen LogP contribution in [0.15, 0.2) is 47.6 Å².